The lowest BCUT2D eigenvalue weighted by molar-refractivity contribution is 0.0688. The number of nitrogens with zero attached hydrogens (tertiary/aromatic N) is 2. The van der Waals surface area contributed by atoms with Crippen molar-refractivity contribution in [1.82, 2.24) is 4.98 Å². The summed E-state index contributed by atoms with van der Waals surface area (Å²) in [6.45, 7) is 0. The van der Waals surface area contributed by atoms with E-state index in [0.717, 1.165) is 6.07 Å². The molecule has 0 spiro atoms. The first-order chi connectivity index (χ1) is 6.97. The van der Waals surface area contributed by atoms with Gasteiger partial charge in [0.2, 0.25) is 0 Å². The van der Waals surface area contributed by atoms with Gasteiger partial charge in [-0.15, -0.1) is 0 Å². The van der Waals surface area contributed by atoms with Gasteiger partial charge in [-0.2, -0.15) is 5.26 Å². The molecule has 0 unspecified atom stereocenters. The summed E-state index contributed by atoms with van der Waals surface area (Å²) in [4.78, 5) is 13.7. The number of halogens is 3. The van der Waals surface area contributed by atoms with Gasteiger partial charge in [0.25, 0.3) is 6.43 Å². The van der Waals surface area contributed by atoms with Crippen LogP contribution in [0.3, 0.4) is 0 Å². The Morgan fingerprint density at radius 3 is 2.67 bits per heavy atom. The van der Waals surface area contributed by atoms with Gasteiger partial charge in [-0.05, 0) is 6.07 Å². The highest BCUT2D eigenvalue weighted by Crippen LogP contribution is 2.26. The molecule has 7 heteroatoms. The van der Waals surface area contributed by atoms with Crippen molar-refractivity contribution in [3.63, 3.8) is 0 Å². The first kappa shape index (κ1) is 11.3. The number of hydrogen-bond acceptors (Lipinski definition) is 3. The summed E-state index contributed by atoms with van der Waals surface area (Å²) in [5.41, 5.74) is -1.91. The van der Waals surface area contributed by atoms with Gasteiger partial charge in [0, 0.05) is 0 Å². The Labute approximate surface area is 87.7 Å². The van der Waals surface area contributed by atoms with E-state index in [2.05, 4.69) is 4.98 Å². The van der Waals surface area contributed by atoms with Crippen molar-refractivity contribution in [2.45, 2.75) is 6.43 Å². The van der Waals surface area contributed by atoms with Crippen LogP contribution in [0.15, 0.2) is 6.07 Å². The third-order valence-corrected chi connectivity index (χ3v) is 1.84. The second kappa shape index (κ2) is 4.19. The molecule has 15 heavy (non-hydrogen) atoms. The minimum Gasteiger partial charge on any atom is -0.476 e. The van der Waals surface area contributed by atoms with E-state index in [9.17, 15) is 13.6 Å². The van der Waals surface area contributed by atoms with Crippen molar-refractivity contribution < 1.29 is 18.7 Å². The zero-order valence-electron chi connectivity index (χ0n) is 7.04. The summed E-state index contributed by atoms with van der Waals surface area (Å²) in [6, 6.07) is 2.37. The largest absolute Gasteiger partial charge is 0.476 e. The first-order valence-corrected chi connectivity index (χ1v) is 3.97. The highest BCUT2D eigenvalue weighted by molar-refractivity contribution is 6.31. The van der Waals surface area contributed by atoms with Gasteiger partial charge in [0.05, 0.1) is 10.6 Å². The Balaban J connectivity index is 3.45. The van der Waals surface area contributed by atoms with E-state index in [-0.39, 0.29) is 5.56 Å². The fourth-order valence-corrected chi connectivity index (χ4v) is 1.14. The monoisotopic (exact) mass is 232 g/mol. The van der Waals surface area contributed by atoms with E-state index in [4.69, 9.17) is 22.0 Å². The molecule has 4 nitrogen and oxygen atoms in total. The molecule has 0 saturated carbocycles. The van der Waals surface area contributed by atoms with Gasteiger partial charge in [-0.1, -0.05) is 11.6 Å². The maximum absolute atomic E-state index is 12.3. The van der Waals surface area contributed by atoms with Crippen molar-refractivity contribution in [2.75, 3.05) is 0 Å². The van der Waals surface area contributed by atoms with E-state index in [1.165, 1.54) is 6.07 Å². The molecule has 78 valence electrons. The fraction of sp³-hybridized carbons (Fsp3) is 0.125. The molecule has 0 fully saturated rings. The molecule has 0 aliphatic carbocycles. The summed E-state index contributed by atoms with van der Waals surface area (Å²) in [5, 5.41) is 16.7. The number of carboxylic acid groups (broad SMARTS) is 1. The van der Waals surface area contributed by atoms with Crippen LogP contribution in [0.25, 0.3) is 0 Å². The van der Waals surface area contributed by atoms with Crippen molar-refractivity contribution in [3.8, 4) is 6.07 Å². The lowest BCUT2D eigenvalue weighted by Crippen LogP contribution is -2.07. The molecule has 1 aromatic heterocycles. The number of carbonyl (C=O) groups is 1. The Morgan fingerprint density at radius 2 is 2.27 bits per heavy atom. The summed E-state index contributed by atoms with van der Waals surface area (Å²) >= 11 is 5.39. The fourth-order valence-electron chi connectivity index (χ4n) is 0.904. The summed E-state index contributed by atoms with van der Waals surface area (Å²) in [5.74, 6) is -1.55. The van der Waals surface area contributed by atoms with Gasteiger partial charge in [-0.3, -0.25) is 0 Å². The standard InChI is InChI=1S/C8H3ClF2N2O2/c9-4-1-3(2-12)5(8(14)15)13-6(4)7(10)11/h1,7H,(H,14,15). The second-order valence-electron chi connectivity index (χ2n) is 2.47. The van der Waals surface area contributed by atoms with Gasteiger partial charge in [-0.25, -0.2) is 18.6 Å². The lowest BCUT2D eigenvalue weighted by Gasteiger charge is -2.04. The van der Waals surface area contributed by atoms with E-state index in [1.54, 1.807) is 0 Å². The minimum atomic E-state index is -2.98. The van der Waals surface area contributed by atoms with Crippen LogP contribution in [-0.4, -0.2) is 16.1 Å². The number of aromatic carboxylic acids is 1. The number of aromatic nitrogens is 1. The number of carboxylic acids is 1. The number of pyridine rings is 1. The molecule has 1 rings (SSSR count). The van der Waals surface area contributed by atoms with Crippen LogP contribution in [0.2, 0.25) is 5.02 Å². The van der Waals surface area contributed by atoms with Gasteiger partial charge >= 0.3 is 5.97 Å². The Morgan fingerprint density at radius 1 is 1.67 bits per heavy atom. The average molecular weight is 233 g/mol. The normalized spacial score (nSPS) is 10.1. The zero-order valence-corrected chi connectivity index (χ0v) is 7.79. The molecule has 1 aromatic rings. The SMILES string of the molecule is N#Cc1cc(Cl)c(C(F)F)nc1C(=O)O. The molecule has 0 amide bonds. The molecule has 0 aromatic carbocycles. The minimum absolute atomic E-state index is 0.350. The molecular weight excluding hydrogens is 230 g/mol. The predicted molar refractivity (Wildman–Crippen MR) is 45.9 cm³/mol. The molecule has 0 atom stereocenters. The van der Waals surface area contributed by atoms with Crippen LogP contribution in [0.4, 0.5) is 8.78 Å². The van der Waals surface area contributed by atoms with E-state index in [0.29, 0.717) is 0 Å². The molecular formula is C8H3ClF2N2O2. The van der Waals surface area contributed by atoms with Crippen molar-refractivity contribution >= 4 is 17.6 Å². The lowest BCUT2D eigenvalue weighted by atomic mass is 10.2. The van der Waals surface area contributed by atoms with Gasteiger partial charge < -0.3 is 5.11 Å². The molecule has 0 radical (unpaired) electrons. The Kier molecular flexibility index (Phi) is 3.17. The summed E-state index contributed by atoms with van der Waals surface area (Å²) in [7, 11) is 0. The van der Waals surface area contributed by atoms with E-state index >= 15 is 0 Å². The maximum Gasteiger partial charge on any atom is 0.355 e. The van der Waals surface area contributed by atoms with E-state index < -0.39 is 28.8 Å². The van der Waals surface area contributed by atoms with Crippen molar-refractivity contribution in [1.29, 1.82) is 5.26 Å². The highest BCUT2D eigenvalue weighted by Gasteiger charge is 2.20. The van der Waals surface area contributed by atoms with Crippen LogP contribution < -0.4 is 0 Å². The predicted octanol–water partition coefficient (Wildman–Crippen LogP) is 2.24. The van der Waals surface area contributed by atoms with Crippen molar-refractivity contribution in [3.05, 3.63) is 28.0 Å². The molecule has 0 bridgehead atoms. The number of nitriles is 1. The second-order valence-corrected chi connectivity index (χ2v) is 2.88. The molecule has 1 N–H and O–H groups in total. The topological polar surface area (TPSA) is 74.0 Å². The average Bonchev–Trinajstić information content (AvgIpc) is 2.16. The maximum atomic E-state index is 12.3. The number of alkyl halides is 2. The third-order valence-electron chi connectivity index (χ3n) is 1.53. The zero-order chi connectivity index (χ0) is 11.6. The molecule has 0 aliphatic rings. The smallest absolute Gasteiger partial charge is 0.355 e. The third kappa shape index (κ3) is 2.19. The molecule has 1 heterocycles. The van der Waals surface area contributed by atoms with E-state index in [1.807, 2.05) is 0 Å². The highest BCUT2D eigenvalue weighted by atomic mass is 35.5. The van der Waals surface area contributed by atoms with Crippen LogP contribution in [0, 0.1) is 11.3 Å². The van der Waals surface area contributed by atoms with Crippen LogP contribution in [0.1, 0.15) is 28.2 Å². The van der Waals surface area contributed by atoms with Crippen LogP contribution in [-0.2, 0) is 0 Å². The van der Waals surface area contributed by atoms with Crippen LogP contribution in [0.5, 0.6) is 0 Å². The first-order valence-electron chi connectivity index (χ1n) is 3.59. The summed E-state index contributed by atoms with van der Waals surface area (Å²) < 4.78 is 24.6. The quantitative estimate of drug-likeness (QED) is 0.849. The molecule has 0 aliphatic heterocycles. The van der Waals surface area contributed by atoms with Crippen molar-refractivity contribution in [2.24, 2.45) is 0 Å². The number of hydrogen-bond donors (Lipinski definition) is 1. The van der Waals surface area contributed by atoms with Gasteiger partial charge in [0.1, 0.15) is 11.8 Å². The summed E-state index contributed by atoms with van der Waals surface area (Å²) in [6.07, 6.45) is -2.98. The van der Waals surface area contributed by atoms with Crippen LogP contribution >= 0.6 is 11.6 Å². The number of rotatable bonds is 2. The Bertz CT molecular complexity index is 457. The van der Waals surface area contributed by atoms with Gasteiger partial charge in [0.15, 0.2) is 5.69 Å². The Hall–Kier alpha value is -1.74. The molecule has 0 saturated heterocycles.